The van der Waals surface area contributed by atoms with Crippen molar-refractivity contribution >= 4 is 28.2 Å². The summed E-state index contributed by atoms with van der Waals surface area (Å²) in [4.78, 5) is 26.4. The van der Waals surface area contributed by atoms with Crippen molar-refractivity contribution in [1.29, 1.82) is 0 Å². The highest BCUT2D eigenvalue weighted by atomic mass is 32.1. The fourth-order valence-electron chi connectivity index (χ4n) is 2.74. The van der Waals surface area contributed by atoms with Gasteiger partial charge in [-0.15, -0.1) is 11.3 Å². The fraction of sp³-hybridized carbons (Fsp3) is 0.400. The summed E-state index contributed by atoms with van der Waals surface area (Å²) in [5, 5.41) is 3.33. The molecule has 1 heterocycles. The van der Waals surface area contributed by atoms with Crippen molar-refractivity contribution in [2.75, 3.05) is 19.5 Å². The van der Waals surface area contributed by atoms with Gasteiger partial charge in [-0.25, -0.2) is 4.79 Å². The summed E-state index contributed by atoms with van der Waals surface area (Å²) in [7, 11) is 3.03. The van der Waals surface area contributed by atoms with Crippen LogP contribution in [-0.2, 0) is 11.2 Å². The van der Waals surface area contributed by atoms with Crippen molar-refractivity contribution in [1.82, 2.24) is 0 Å². The van der Waals surface area contributed by atoms with E-state index in [1.54, 1.807) is 39.2 Å². The normalized spacial score (nSPS) is 10.6. The zero-order chi connectivity index (χ0) is 20.1. The molecule has 1 aromatic heterocycles. The number of hydrogen-bond acceptors (Lipinski definition) is 6. The molecule has 0 unspecified atom stereocenters. The summed E-state index contributed by atoms with van der Waals surface area (Å²) in [5.41, 5.74) is 1.67. The number of anilines is 1. The number of methoxy groups -OCH3 is 2. The van der Waals surface area contributed by atoms with Crippen LogP contribution >= 0.6 is 11.3 Å². The van der Waals surface area contributed by atoms with Crippen molar-refractivity contribution in [2.45, 2.75) is 40.2 Å². The van der Waals surface area contributed by atoms with E-state index in [1.165, 1.54) is 18.4 Å². The molecule has 6 nitrogen and oxygen atoms in total. The number of aryl methyl sites for hydroxylation is 1. The summed E-state index contributed by atoms with van der Waals surface area (Å²) in [5.74, 6) is 0.187. The lowest BCUT2D eigenvalue weighted by Crippen LogP contribution is -2.17. The van der Waals surface area contributed by atoms with Gasteiger partial charge in [-0.2, -0.15) is 0 Å². The van der Waals surface area contributed by atoms with Gasteiger partial charge in [0.25, 0.3) is 5.91 Å². The Balaban J connectivity index is 2.40. The molecule has 0 saturated carbocycles. The van der Waals surface area contributed by atoms with Gasteiger partial charge in [0.1, 0.15) is 16.5 Å². The molecule has 0 aliphatic rings. The Hall–Kier alpha value is -2.54. The van der Waals surface area contributed by atoms with E-state index in [2.05, 4.69) is 5.32 Å². The molecule has 0 fully saturated rings. The van der Waals surface area contributed by atoms with Crippen molar-refractivity contribution in [3.8, 4) is 11.5 Å². The van der Waals surface area contributed by atoms with E-state index in [9.17, 15) is 9.59 Å². The Labute approximate surface area is 163 Å². The van der Waals surface area contributed by atoms with Gasteiger partial charge in [0, 0.05) is 10.9 Å². The lowest BCUT2D eigenvalue weighted by atomic mass is 10.1. The van der Waals surface area contributed by atoms with Crippen molar-refractivity contribution < 1.29 is 23.8 Å². The molecule has 2 aromatic rings. The Bertz CT molecular complexity index is 841. The number of esters is 1. The lowest BCUT2D eigenvalue weighted by Gasteiger charge is -2.12. The minimum Gasteiger partial charge on any atom is -0.497 e. The van der Waals surface area contributed by atoms with Crippen LogP contribution in [0.5, 0.6) is 11.5 Å². The molecule has 27 heavy (non-hydrogen) atoms. The predicted molar refractivity (Wildman–Crippen MR) is 106 cm³/mol. The molecule has 0 saturated heterocycles. The van der Waals surface area contributed by atoms with Crippen molar-refractivity contribution in [3.63, 3.8) is 0 Å². The van der Waals surface area contributed by atoms with Crippen LogP contribution in [0.15, 0.2) is 18.2 Å². The molecule has 0 bridgehead atoms. The highest BCUT2D eigenvalue weighted by molar-refractivity contribution is 7.16. The summed E-state index contributed by atoms with van der Waals surface area (Å²) >= 11 is 1.37. The van der Waals surface area contributed by atoms with Crippen molar-refractivity contribution in [2.24, 2.45) is 0 Å². The van der Waals surface area contributed by atoms with Crippen LogP contribution in [0.25, 0.3) is 0 Å². The summed E-state index contributed by atoms with van der Waals surface area (Å²) in [6.45, 7) is 7.49. The average molecular weight is 391 g/mol. The third-order valence-corrected chi connectivity index (χ3v) is 5.05. The van der Waals surface area contributed by atoms with Gasteiger partial charge in [0.05, 0.1) is 31.5 Å². The summed E-state index contributed by atoms with van der Waals surface area (Å²) < 4.78 is 15.8. The minimum atomic E-state index is -0.428. The second-order valence-corrected chi connectivity index (χ2v) is 7.39. The first kappa shape index (κ1) is 20.8. The van der Waals surface area contributed by atoms with E-state index in [-0.39, 0.29) is 12.0 Å². The van der Waals surface area contributed by atoms with Crippen LogP contribution in [0.1, 0.15) is 51.9 Å². The van der Waals surface area contributed by atoms with Gasteiger partial charge >= 0.3 is 5.97 Å². The van der Waals surface area contributed by atoms with Gasteiger partial charge in [-0.05, 0) is 44.9 Å². The number of ether oxygens (including phenoxy) is 3. The first-order valence-corrected chi connectivity index (χ1v) is 9.50. The Morgan fingerprint density at radius 3 is 2.44 bits per heavy atom. The van der Waals surface area contributed by atoms with E-state index in [0.717, 1.165) is 10.4 Å². The number of thiophene rings is 1. The first-order valence-electron chi connectivity index (χ1n) is 8.68. The number of carbonyl (C=O) groups is 2. The molecular formula is C20H25NO5S. The highest BCUT2D eigenvalue weighted by Crippen LogP contribution is 2.35. The first-order chi connectivity index (χ1) is 12.8. The van der Waals surface area contributed by atoms with E-state index < -0.39 is 5.97 Å². The Kier molecular flexibility index (Phi) is 6.85. The van der Waals surface area contributed by atoms with Crippen LogP contribution in [-0.4, -0.2) is 32.2 Å². The van der Waals surface area contributed by atoms with Crippen molar-refractivity contribution in [3.05, 3.63) is 39.8 Å². The Morgan fingerprint density at radius 2 is 1.89 bits per heavy atom. The maximum Gasteiger partial charge on any atom is 0.341 e. The monoisotopic (exact) mass is 391 g/mol. The van der Waals surface area contributed by atoms with Crippen LogP contribution in [0, 0.1) is 6.92 Å². The SMILES string of the molecule is CCc1c(C)sc(NC(=O)c2ccc(OC)cc2OC)c1C(=O)OC(C)C. The van der Waals surface area contributed by atoms with Crippen LogP contribution in [0.4, 0.5) is 5.00 Å². The van der Waals surface area contributed by atoms with Crippen LogP contribution < -0.4 is 14.8 Å². The Morgan fingerprint density at radius 1 is 1.19 bits per heavy atom. The molecule has 0 radical (unpaired) electrons. The molecular weight excluding hydrogens is 366 g/mol. The zero-order valence-electron chi connectivity index (χ0n) is 16.5. The lowest BCUT2D eigenvalue weighted by molar-refractivity contribution is 0.0378. The number of benzene rings is 1. The zero-order valence-corrected chi connectivity index (χ0v) is 17.3. The molecule has 146 valence electrons. The summed E-state index contributed by atoms with van der Waals surface area (Å²) in [6.07, 6.45) is 0.430. The second kappa shape index (κ2) is 8.90. The van der Waals surface area contributed by atoms with Gasteiger partial charge in [-0.3, -0.25) is 4.79 Å². The molecule has 0 aliphatic carbocycles. The molecule has 1 aromatic carbocycles. The molecule has 1 amide bonds. The number of hydrogen-bond donors (Lipinski definition) is 1. The quantitative estimate of drug-likeness (QED) is 0.706. The summed E-state index contributed by atoms with van der Waals surface area (Å²) in [6, 6.07) is 4.95. The third-order valence-electron chi connectivity index (χ3n) is 3.99. The third kappa shape index (κ3) is 4.60. The maximum atomic E-state index is 12.8. The molecule has 0 atom stereocenters. The number of rotatable bonds is 7. The topological polar surface area (TPSA) is 73.9 Å². The van der Waals surface area contributed by atoms with E-state index in [1.807, 2.05) is 13.8 Å². The van der Waals surface area contributed by atoms with Gasteiger partial charge in [0.2, 0.25) is 0 Å². The largest absolute Gasteiger partial charge is 0.497 e. The highest BCUT2D eigenvalue weighted by Gasteiger charge is 2.25. The van der Waals surface area contributed by atoms with Crippen LogP contribution in [0.3, 0.4) is 0 Å². The molecule has 0 aliphatic heterocycles. The van der Waals surface area contributed by atoms with E-state index >= 15 is 0 Å². The van der Waals surface area contributed by atoms with Gasteiger partial charge in [-0.1, -0.05) is 6.92 Å². The van der Waals surface area contributed by atoms with Crippen LogP contribution in [0.2, 0.25) is 0 Å². The maximum absolute atomic E-state index is 12.8. The van der Waals surface area contributed by atoms with E-state index in [0.29, 0.717) is 34.0 Å². The number of carbonyl (C=O) groups excluding carboxylic acids is 2. The number of amides is 1. The smallest absolute Gasteiger partial charge is 0.341 e. The van der Waals surface area contributed by atoms with E-state index in [4.69, 9.17) is 14.2 Å². The molecule has 2 rings (SSSR count). The standard InChI is InChI=1S/C20H25NO5S/c1-7-14-12(4)27-19(17(14)20(23)26-11(2)3)21-18(22)15-9-8-13(24-5)10-16(15)25-6/h8-11H,7H2,1-6H3,(H,21,22). The van der Waals surface area contributed by atoms with Gasteiger partial charge < -0.3 is 19.5 Å². The fourth-order valence-corrected chi connectivity index (χ4v) is 3.87. The van der Waals surface area contributed by atoms with Gasteiger partial charge in [0.15, 0.2) is 0 Å². The number of nitrogens with one attached hydrogen (secondary N) is 1. The molecule has 1 N–H and O–H groups in total. The minimum absolute atomic E-state index is 0.243. The molecule has 7 heteroatoms. The average Bonchev–Trinajstić information content (AvgIpc) is 2.95. The molecule has 0 spiro atoms. The second-order valence-electron chi connectivity index (χ2n) is 6.17. The predicted octanol–water partition coefficient (Wildman–Crippen LogP) is 4.45.